The van der Waals surface area contributed by atoms with Crippen LogP contribution in [0.15, 0.2) is 64.2 Å². The number of halogens is 1. The van der Waals surface area contributed by atoms with Crippen LogP contribution in [0.25, 0.3) is 22.5 Å². The van der Waals surface area contributed by atoms with Crippen LogP contribution in [-0.4, -0.2) is 21.0 Å². The van der Waals surface area contributed by atoms with Crippen LogP contribution < -0.4 is 4.90 Å². The van der Waals surface area contributed by atoms with Gasteiger partial charge in [0.05, 0.1) is 16.9 Å². The van der Waals surface area contributed by atoms with Crippen molar-refractivity contribution in [3.05, 3.63) is 65.5 Å². The molecular formula is C19H13FN4O2S. The van der Waals surface area contributed by atoms with Gasteiger partial charge in [-0.2, -0.15) is 11.3 Å². The normalized spacial score (nSPS) is 10.7. The van der Waals surface area contributed by atoms with Crippen molar-refractivity contribution >= 4 is 28.8 Å². The number of aromatic nitrogens is 3. The molecule has 0 atom stereocenters. The Morgan fingerprint density at radius 3 is 2.63 bits per heavy atom. The van der Waals surface area contributed by atoms with Crippen LogP contribution in [-0.2, 0) is 4.79 Å². The molecule has 4 aromatic rings. The van der Waals surface area contributed by atoms with Crippen LogP contribution in [0.3, 0.4) is 0 Å². The van der Waals surface area contributed by atoms with Gasteiger partial charge in [-0.05, 0) is 41.8 Å². The highest BCUT2D eigenvalue weighted by molar-refractivity contribution is 7.08. The molecule has 0 aliphatic heterocycles. The first-order valence-electron chi connectivity index (χ1n) is 8.00. The molecule has 1 amide bonds. The highest BCUT2D eigenvalue weighted by atomic mass is 32.1. The molecule has 0 unspecified atom stereocenters. The summed E-state index contributed by atoms with van der Waals surface area (Å²) in [6.07, 6.45) is 3.00. The van der Waals surface area contributed by atoms with E-state index in [0.29, 0.717) is 28.2 Å². The number of carbonyl (C=O) groups is 1. The maximum Gasteiger partial charge on any atom is 0.248 e. The zero-order chi connectivity index (χ0) is 18.8. The van der Waals surface area contributed by atoms with E-state index in [0.717, 1.165) is 0 Å². The molecule has 0 aliphatic carbocycles. The van der Waals surface area contributed by atoms with Gasteiger partial charge < -0.3 is 4.52 Å². The molecule has 1 aromatic carbocycles. The predicted octanol–water partition coefficient (Wildman–Crippen LogP) is 4.68. The van der Waals surface area contributed by atoms with Gasteiger partial charge in [0.25, 0.3) is 0 Å². The first-order chi connectivity index (χ1) is 13.1. The summed E-state index contributed by atoms with van der Waals surface area (Å²) < 4.78 is 18.9. The number of anilines is 2. The van der Waals surface area contributed by atoms with Gasteiger partial charge in [-0.15, -0.1) is 0 Å². The number of nitrogens with zero attached hydrogens (tertiary/aromatic N) is 4. The second-order valence-corrected chi connectivity index (χ2v) is 6.43. The standard InChI is InChI=1S/C19H13FN4O2S/c1-12(25)24(15-7-9-27-10-15)19-17(16-6-8-21-11-22-16)18(23-26-19)13-2-4-14(20)5-3-13/h2-11H,1H3. The third kappa shape index (κ3) is 3.22. The summed E-state index contributed by atoms with van der Waals surface area (Å²) in [6.45, 7) is 1.45. The number of benzene rings is 1. The van der Waals surface area contributed by atoms with E-state index in [2.05, 4.69) is 15.1 Å². The molecule has 8 heteroatoms. The highest BCUT2D eigenvalue weighted by Gasteiger charge is 2.28. The number of carbonyl (C=O) groups excluding carboxylic acids is 1. The third-order valence-corrected chi connectivity index (χ3v) is 4.58. The minimum Gasteiger partial charge on any atom is -0.336 e. The Morgan fingerprint density at radius 2 is 2.00 bits per heavy atom. The predicted molar refractivity (Wildman–Crippen MR) is 100 cm³/mol. The Morgan fingerprint density at radius 1 is 1.19 bits per heavy atom. The Balaban J connectivity index is 1.95. The lowest BCUT2D eigenvalue weighted by molar-refractivity contribution is -0.116. The quantitative estimate of drug-likeness (QED) is 0.514. The average Bonchev–Trinajstić information content (AvgIpc) is 3.34. The lowest BCUT2D eigenvalue weighted by Crippen LogP contribution is -2.22. The van der Waals surface area contributed by atoms with Crippen LogP contribution in [0.2, 0.25) is 0 Å². The number of hydrogen-bond donors (Lipinski definition) is 0. The minimum absolute atomic E-state index is 0.231. The molecule has 3 heterocycles. The largest absolute Gasteiger partial charge is 0.336 e. The Labute approximate surface area is 157 Å². The Hall–Kier alpha value is -3.39. The van der Waals surface area contributed by atoms with E-state index in [1.54, 1.807) is 24.4 Å². The summed E-state index contributed by atoms with van der Waals surface area (Å²) in [4.78, 5) is 22.0. The van der Waals surface area contributed by atoms with Gasteiger partial charge in [0, 0.05) is 24.1 Å². The van der Waals surface area contributed by atoms with Crippen LogP contribution in [0.5, 0.6) is 0 Å². The zero-order valence-corrected chi connectivity index (χ0v) is 15.0. The lowest BCUT2D eigenvalue weighted by Gasteiger charge is -2.17. The molecular weight excluding hydrogens is 367 g/mol. The van der Waals surface area contributed by atoms with Crippen molar-refractivity contribution in [3.8, 4) is 22.5 Å². The molecule has 0 saturated carbocycles. The lowest BCUT2D eigenvalue weighted by atomic mass is 10.0. The fourth-order valence-electron chi connectivity index (χ4n) is 2.73. The van der Waals surface area contributed by atoms with E-state index in [4.69, 9.17) is 4.52 Å². The van der Waals surface area contributed by atoms with Crippen molar-refractivity contribution in [1.29, 1.82) is 0 Å². The van der Waals surface area contributed by atoms with Crippen molar-refractivity contribution in [1.82, 2.24) is 15.1 Å². The van der Waals surface area contributed by atoms with E-state index < -0.39 is 0 Å². The van der Waals surface area contributed by atoms with Crippen molar-refractivity contribution in [2.75, 3.05) is 4.90 Å². The number of amides is 1. The first kappa shape index (κ1) is 17.0. The molecule has 0 fully saturated rings. The maximum atomic E-state index is 13.3. The molecule has 27 heavy (non-hydrogen) atoms. The molecule has 6 nitrogen and oxygen atoms in total. The molecule has 0 radical (unpaired) electrons. The van der Waals surface area contributed by atoms with Crippen molar-refractivity contribution in [2.24, 2.45) is 0 Å². The molecule has 0 saturated heterocycles. The summed E-state index contributed by atoms with van der Waals surface area (Å²) in [5, 5.41) is 7.86. The van der Waals surface area contributed by atoms with E-state index in [1.165, 1.54) is 41.6 Å². The molecule has 0 spiro atoms. The topological polar surface area (TPSA) is 72.1 Å². The minimum atomic E-state index is -0.352. The molecule has 4 rings (SSSR count). The fraction of sp³-hybridized carbons (Fsp3) is 0.0526. The zero-order valence-electron chi connectivity index (χ0n) is 14.2. The molecule has 0 N–H and O–H groups in total. The van der Waals surface area contributed by atoms with Gasteiger partial charge >= 0.3 is 0 Å². The Bertz CT molecular complexity index is 1060. The summed E-state index contributed by atoms with van der Waals surface area (Å²) in [6, 6.07) is 9.41. The van der Waals surface area contributed by atoms with Gasteiger partial charge in [0.2, 0.25) is 11.8 Å². The summed E-state index contributed by atoms with van der Waals surface area (Å²) >= 11 is 1.46. The van der Waals surface area contributed by atoms with E-state index in [-0.39, 0.29) is 17.6 Å². The van der Waals surface area contributed by atoms with E-state index >= 15 is 0 Å². The SMILES string of the molecule is CC(=O)N(c1ccsc1)c1onc(-c2ccc(F)cc2)c1-c1ccncn1. The Kier molecular flexibility index (Phi) is 4.47. The molecule has 3 aromatic heterocycles. The van der Waals surface area contributed by atoms with E-state index in [9.17, 15) is 9.18 Å². The first-order valence-corrected chi connectivity index (χ1v) is 8.94. The monoisotopic (exact) mass is 380 g/mol. The number of hydrogen-bond acceptors (Lipinski definition) is 6. The number of rotatable bonds is 4. The van der Waals surface area contributed by atoms with Crippen molar-refractivity contribution in [3.63, 3.8) is 0 Å². The third-order valence-electron chi connectivity index (χ3n) is 3.91. The highest BCUT2D eigenvalue weighted by Crippen LogP contribution is 2.41. The molecule has 134 valence electrons. The summed E-state index contributed by atoms with van der Waals surface area (Å²) in [5.74, 6) is -0.334. The van der Waals surface area contributed by atoms with Crippen molar-refractivity contribution < 1.29 is 13.7 Å². The second kappa shape index (κ2) is 7.08. The number of thiophene rings is 1. The fourth-order valence-corrected chi connectivity index (χ4v) is 3.35. The molecule has 0 bridgehead atoms. The van der Waals surface area contributed by atoms with Crippen LogP contribution in [0.4, 0.5) is 16.0 Å². The van der Waals surface area contributed by atoms with Crippen molar-refractivity contribution in [2.45, 2.75) is 6.92 Å². The van der Waals surface area contributed by atoms with Gasteiger partial charge in [0.1, 0.15) is 17.8 Å². The van der Waals surface area contributed by atoms with Crippen LogP contribution >= 0.6 is 11.3 Å². The van der Waals surface area contributed by atoms with Gasteiger partial charge in [-0.1, -0.05) is 5.16 Å². The summed E-state index contributed by atoms with van der Waals surface area (Å²) in [7, 11) is 0. The van der Waals surface area contributed by atoms with Gasteiger partial charge in [0.15, 0.2) is 0 Å². The second-order valence-electron chi connectivity index (χ2n) is 5.65. The van der Waals surface area contributed by atoms with Gasteiger partial charge in [-0.3, -0.25) is 4.79 Å². The molecule has 0 aliphatic rings. The average molecular weight is 380 g/mol. The van der Waals surface area contributed by atoms with E-state index in [1.807, 2.05) is 16.8 Å². The maximum absolute atomic E-state index is 13.3. The van der Waals surface area contributed by atoms with Crippen LogP contribution in [0, 0.1) is 5.82 Å². The smallest absolute Gasteiger partial charge is 0.248 e. The van der Waals surface area contributed by atoms with Crippen LogP contribution in [0.1, 0.15) is 6.92 Å². The summed E-state index contributed by atoms with van der Waals surface area (Å²) in [5.41, 5.74) is 2.86. The van der Waals surface area contributed by atoms with Gasteiger partial charge in [-0.25, -0.2) is 19.3 Å².